The quantitative estimate of drug-likeness (QED) is 0.758. The summed E-state index contributed by atoms with van der Waals surface area (Å²) in [6.07, 6.45) is 0.725. The zero-order valence-electron chi connectivity index (χ0n) is 9.41. The molecule has 1 aliphatic rings. The number of carbonyl (C=O) groups excluding carboxylic acids is 1. The molecule has 0 saturated heterocycles. The average molecular weight is 241 g/mol. The maximum Gasteiger partial charge on any atom is 0.247 e. The lowest BCUT2D eigenvalue weighted by Gasteiger charge is -2.33. The number of rotatable bonds is 1. The molecule has 1 N–H and O–H groups in total. The van der Waals surface area contributed by atoms with Crippen LogP contribution in [0.25, 0.3) is 0 Å². The number of likely N-dealkylation sites (N-methyl/N-ethyl adjacent to an activating group) is 1. The molecule has 1 aliphatic heterocycles. The van der Waals surface area contributed by atoms with Crippen LogP contribution in [0.1, 0.15) is 19.0 Å². The van der Waals surface area contributed by atoms with E-state index in [1.54, 1.807) is 6.92 Å². The molecular weight excluding hydrogens is 228 g/mol. The van der Waals surface area contributed by atoms with Crippen LogP contribution in [0.2, 0.25) is 5.28 Å². The molecular formula is C10H13ClN4O. The molecule has 0 bridgehead atoms. The number of nitrogens with one attached hydrogen (secondary N) is 1. The molecule has 1 atom stereocenters. The summed E-state index contributed by atoms with van der Waals surface area (Å²) in [6, 6.07) is -0.196. The van der Waals surface area contributed by atoms with E-state index < -0.39 is 0 Å². The first-order valence-electron chi connectivity index (χ1n) is 5.12. The van der Waals surface area contributed by atoms with Gasteiger partial charge in [0, 0.05) is 7.05 Å². The third-order valence-electron chi connectivity index (χ3n) is 2.78. The number of carbonyl (C=O) groups is 1. The fraction of sp³-hybridized carbons (Fsp3) is 0.500. The van der Waals surface area contributed by atoms with Crippen LogP contribution in [0.4, 0.5) is 11.5 Å². The predicted octanol–water partition coefficient (Wildman–Crippen LogP) is 1.61. The fourth-order valence-electron chi connectivity index (χ4n) is 1.92. The van der Waals surface area contributed by atoms with Gasteiger partial charge in [0.15, 0.2) is 5.82 Å². The Kier molecular flexibility index (Phi) is 2.71. The van der Waals surface area contributed by atoms with Gasteiger partial charge in [0.2, 0.25) is 11.2 Å². The van der Waals surface area contributed by atoms with Crippen molar-refractivity contribution in [2.45, 2.75) is 26.3 Å². The zero-order valence-corrected chi connectivity index (χ0v) is 10.2. The van der Waals surface area contributed by atoms with E-state index in [2.05, 4.69) is 15.3 Å². The van der Waals surface area contributed by atoms with Gasteiger partial charge in [-0.15, -0.1) is 0 Å². The van der Waals surface area contributed by atoms with Crippen LogP contribution in [-0.2, 0) is 4.79 Å². The molecule has 2 heterocycles. The third kappa shape index (κ3) is 1.61. The summed E-state index contributed by atoms with van der Waals surface area (Å²) >= 11 is 5.81. The maximum absolute atomic E-state index is 11.8. The topological polar surface area (TPSA) is 58.1 Å². The Morgan fingerprint density at radius 1 is 1.50 bits per heavy atom. The Labute approximate surface area is 98.8 Å². The highest BCUT2D eigenvalue weighted by Gasteiger charge is 2.31. The summed E-state index contributed by atoms with van der Waals surface area (Å²) < 4.78 is 0. The Morgan fingerprint density at radius 3 is 2.81 bits per heavy atom. The molecule has 5 nitrogen and oxygen atoms in total. The Hall–Kier alpha value is -1.36. The second-order valence-electron chi connectivity index (χ2n) is 3.80. The van der Waals surface area contributed by atoms with Crippen molar-refractivity contribution in [2.24, 2.45) is 0 Å². The molecule has 16 heavy (non-hydrogen) atoms. The highest BCUT2D eigenvalue weighted by atomic mass is 35.5. The highest BCUT2D eigenvalue weighted by Crippen LogP contribution is 2.32. The van der Waals surface area contributed by atoms with Crippen LogP contribution in [0, 0.1) is 6.92 Å². The molecule has 1 amide bonds. The van der Waals surface area contributed by atoms with Gasteiger partial charge >= 0.3 is 0 Å². The summed E-state index contributed by atoms with van der Waals surface area (Å²) in [4.78, 5) is 21.8. The summed E-state index contributed by atoms with van der Waals surface area (Å²) in [7, 11) is 1.84. The van der Waals surface area contributed by atoms with E-state index in [1.807, 2.05) is 18.9 Å². The molecule has 1 aromatic heterocycles. The van der Waals surface area contributed by atoms with Crippen molar-refractivity contribution in [2.75, 3.05) is 17.3 Å². The van der Waals surface area contributed by atoms with Gasteiger partial charge in [-0.3, -0.25) is 4.79 Å². The molecule has 0 aromatic carbocycles. The minimum Gasteiger partial charge on any atom is -0.346 e. The Bertz CT molecular complexity index is 449. The largest absolute Gasteiger partial charge is 0.346 e. The van der Waals surface area contributed by atoms with Crippen molar-refractivity contribution in [1.29, 1.82) is 0 Å². The predicted molar refractivity (Wildman–Crippen MR) is 62.9 cm³/mol. The molecule has 6 heteroatoms. The number of hydrogen-bond donors (Lipinski definition) is 1. The number of halogens is 1. The van der Waals surface area contributed by atoms with Gasteiger partial charge in [-0.25, -0.2) is 4.98 Å². The van der Waals surface area contributed by atoms with Crippen LogP contribution in [0.5, 0.6) is 0 Å². The zero-order chi connectivity index (χ0) is 11.9. The van der Waals surface area contributed by atoms with E-state index in [9.17, 15) is 4.79 Å². The standard InChI is InChI=1S/C10H13ClN4O/c1-4-6-9(16)13-7-5(2)12-10(11)14-8(7)15(6)3/h6H,4H2,1-3H3,(H,13,16)/t6-/m0/s1. The molecule has 0 aliphatic carbocycles. The Morgan fingerprint density at radius 2 is 2.19 bits per heavy atom. The molecule has 0 fully saturated rings. The minimum atomic E-state index is -0.196. The molecule has 0 radical (unpaired) electrons. The summed E-state index contributed by atoms with van der Waals surface area (Å²) in [5.41, 5.74) is 1.34. The van der Waals surface area contributed by atoms with Crippen LogP contribution in [0.15, 0.2) is 0 Å². The van der Waals surface area contributed by atoms with Crippen molar-refractivity contribution >= 4 is 29.0 Å². The Balaban J connectivity index is 2.55. The highest BCUT2D eigenvalue weighted by molar-refractivity contribution is 6.28. The number of aromatic nitrogens is 2. The van der Waals surface area contributed by atoms with Gasteiger partial charge in [0.1, 0.15) is 11.7 Å². The van der Waals surface area contributed by atoms with E-state index >= 15 is 0 Å². The van der Waals surface area contributed by atoms with Gasteiger partial charge < -0.3 is 10.2 Å². The van der Waals surface area contributed by atoms with Crippen molar-refractivity contribution < 1.29 is 4.79 Å². The lowest BCUT2D eigenvalue weighted by atomic mass is 10.1. The van der Waals surface area contributed by atoms with Gasteiger partial charge in [0.25, 0.3) is 0 Å². The smallest absolute Gasteiger partial charge is 0.247 e. The second kappa shape index (κ2) is 3.90. The van der Waals surface area contributed by atoms with E-state index in [0.717, 1.165) is 6.42 Å². The van der Waals surface area contributed by atoms with Crippen molar-refractivity contribution in [1.82, 2.24) is 9.97 Å². The number of anilines is 2. The lowest BCUT2D eigenvalue weighted by Crippen LogP contribution is -2.46. The second-order valence-corrected chi connectivity index (χ2v) is 4.14. The first-order valence-corrected chi connectivity index (χ1v) is 5.50. The van der Waals surface area contributed by atoms with Crippen LogP contribution in [0.3, 0.4) is 0 Å². The molecule has 0 saturated carbocycles. The van der Waals surface area contributed by atoms with Gasteiger partial charge in [-0.05, 0) is 24.9 Å². The van der Waals surface area contributed by atoms with Crippen molar-refractivity contribution in [3.63, 3.8) is 0 Å². The number of amides is 1. The number of hydrogen-bond acceptors (Lipinski definition) is 4. The van der Waals surface area contributed by atoms with Gasteiger partial charge in [-0.2, -0.15) is 4.98 Å². The first-order chi connectivity index (χ1) is 7.54. The minimum absolute atomic E-state index is 0.0217. The van der Waals surface area contributed by atoms with Crippen LogP contribution >= 0.6 is 11.6 Å². The SMILES string of the molecule is CC[C@H]1C(=O)Nc2c(C)nc(Cl)nc2N1C. The summed E-state index contributed by atoms with van der Waals surface area (Å²) in [6.45, 7) is 3.76. The van der Waals surface area contributed by atoms with Gasteiger partial charge in [0.05, 0.1) is 5.69 Å². The molecule has 1 aromatic rings. The van der Waals surface area contributed by atoms with Gasteiger partial charge in [-0.1, -0.05) is 6.92 Å². The molecule has 0 spiro atoms. The van der Waals surface area contributed by atoms with E-state index in [4.69, 9.17) is 11.6 Å². The fourth-order valence-corrected chi connectivity index (χ4v) is 2.12. The molecule has 0 unspecified atom stereocenters. The normalized spacial score (nSPS) is 19.4. The monoisotopic (exact) mass is 240 g/mol. The number of fused-ring (bicyclic) bond motifs is 1. The van der Waals surface area contributed by atoms with Crippen molar-refractivity contribution in [3.05, 3.63) is 11.0 Å². The number of aryl methyl sites for hydroxylation is 1. The van der Waals surface area contributed by atoms with Crippen molar-refractivity contribution in [3.8, 4) is 0 Å². The van der Waals surface area contributed by atoms with Crippen LogP contribution < -0.4 is 10.2 Å². The average Bonchev–Trinajstić information content (AvgIpc) is 2.21. The summed E-state index contributed by atoms with van der Waals surface area (Å²) in [5.74, 6) is 0.662. The van der Waals surface area contributed by atoms with E-state index in [1.165, 1.54) is 0 Å². The first kappa shape index (κ1) is 11.1. The third-order valence-corrected chi connectivity index (χ3v) is 2.95. The summed E-state index contributed by atoms with van der Waals surface area (Å²) in [5, 5.41) is 3.03. The lowest BCUT2D eigenvalue weighted by molar-refractivity contribution is -0.117. The number of nitrogens with zero attached hydrogens (tertiary/aromatic N) is 3. The van der Waals surface area contributed by atoms with E-state index in [-0.39, 0.29) is 17.2 Å². The maximum atomic E-state index is 11.8. The van der Waals surface area contributed by atoms with Crippen LogP contribution in [-0.4, -0.2) is 29.0 Å². The molecule has 86 valence electrons. The van der Waals surface area contributed by atoms with E-state index in [0.29, 0.717) is 17.2 Å². The molecule has 2 rings (SSSR count).